The number of amides is 1. The number of aryl methyl sites for hydroxylation is 1. The van der Waals surface area contributed by atoms with Gasteiger partial charge in [0.15, 0.2) is 0 Å². The van der Waals surface area contributed by atoms with Crippen LogP contribution in [0.1, 0.15) is 40.4 Å². The molecule has 0 spiro atoms. The van der Waals surface area contributed by atoms with Crippen LogP contribution < -0.4 is 10.1 Å². The highest BCUT2D eigenvalue weighted by molar-refractivity contribution is 6.14. The molecule has 3 heterocycles. The van der Waals surface area contributed by atoms with E-state index in [1.54, 1.807) is 20.2 Å². The summed E-state index contributed by atoms with van der Waals surface area (Å²) in [6.45, 7) is 0. The molecule has 0 radical (unpaired) electrons. The largest absolute Gasteiger partial charge is 0.497 e. The summed E-state index contributed by atoms with van der Waals surface area (Å²) in [6, 6.07) is 11.2. The number of nitriles is 1. The normalized spacial score (nSPS) is 13.2. The lowest BCUT2D eigenvalue weighted by Gasteiger charge is -2.09. The van der Waals surface area contributed by atoms with E-state index in [0.717, 1.165) is 24.1 Å². The van der Waals surface area contributed by atoms with Crippen LogP contribution >= 0.6 is 0 Å². The Kier molecular flexibility index (Phi) is 4.40. The van der Waals surface area contributed by atoms with Crippen LogP contribution in [0.15, 0.2) is 41.1 Å². The molecule has 1 aliphatic rings. The van der Waals surface area contributed by atoms with Crippen LogP contribution in [0.2, 0.25) is 0 Å². The van der Waals surface area contributed by atoms with Crippen LogP contribution in [-0.2, 0) is 7.05 Å². The highest BCUT2D eigenvalue weighted by Crippen LogP contribution is 2.41. The second-order valence-electron chi connectivity index (χ2n) is 7.41. The number of methoxy groups -OCH3 is 1. The van der Waals surface area contributed by atoms with Gasteiger partial charge in [0.25, 0.3) is 11.6 Å². The highest BCUT2D eigenvalue weighted by atomic mass is 16.5. The monoisotopic (exact) mass is 414 g/mol. The number of nitrogens with zero attached hydrogens (tertiary/aromatic N) is 5. The molecule has 1 N–H and O–H groups in total. The third-order valence-corrected chi connectivity index (χ3v) is 5.34. The molecule has 5 rings (SSSR count). The van der Waals surface area contributed by atoms with E-state index < -0.39 is 0 Å². The van der Waals surface area contributed by atoms with Crippen LogP contribution in [0.3, 0.4) is 0 Å². The van der Waals surface area contributed by atoms with Crippen molar-refractivity contribution in [2.45, 2.75) is 18.8 Å². The minimum absolute atomic E-state index is 0.280. The van der Waals surface area contributed by atoms with Gasteiger partial charge in [0.05, 0.1) is 24.3 Å². The molecular formula is C22H18N6O3. The molecule has 0 saturated heterocycles. The van der Waals surface area contributed by atoms with E-state index >= 15 is 0 Å². The number of anilines is 1. The number of rotatable bonds is 5. The number of pyridine rings is 1. The van der Waals surface area contributed by atoms with E-state index in [9.17, 15) is 10.1 Å². The predicted molar refractivity (Wildman–Crippen MR) is 112 cm³/mol. The van der Waals surface area contributed by atoms with E-state index in [-0.39, 0.29) is 11.5 Å². The zero-order valence-corrected chi connectivity index (χ0v) is 16.9. The van der Waals surface area contributed by atoms with E-state index in [1.165, 1.54) is 10.9 Å². The smallest absolute Gasteiger partial charge is 0.259 e. The summed E-state index contributed by atoms with van der Waals surface area (Å²) >= 11 is 0. The lowest BCUT2D eigenvalue weighted by molar-refractivity contribution is 0.102. The molecule has 1 fully saturated rings. The fourth-order valence-electron chi connectivity index (χ4n) is 3.55. The number of fused-ring (bicyclic) bond motifs is 1. The van der Waals surface area contributed by atoms with Crippen molar-refractivity contribution in [1.82, 2.24) is 19.9 Å². The van der Waals surface area contributed by atoms with Crippen LogP contribution in [0.5, 0.6) is 5.75 Å². The Hall–Kier alpha value is -4.19. The Morgan fingerprint density at radius 3 is 2.94 bits per heavy atom. The Labute approximate surface area is 177 Å². The molecule has 1 saturated carbocycles. The highest BCUT2D eigenvalue weighted by Gasteiger charge is 2.30. The first-order valence-electron chi connectivity index (χ1n) is 9.77. The van der Waals surface area contributed by atoms with Gasteiger partial charge in [-0.2, -0.15) is 10.4 Å². The van der Waals surface area contributed by atoms with Crippen molar-refractivity contribution in [3.63, 3.8) is 0 Å². The Morgan fingerprint density at radius 2 is 2.19 bits per heavy atom. The first-order valence-corrected chi connectivity index (χ1v) is 9.77. The SMILES string of the molecule is COc1cccc(-c2noc3nc(C4CC4)cc(C(=O)Nc4c(C#N)cnn4C)c23)c1. The van der Waals surface area contributed by atoms with Gasteiger partial charge in [-0.3, -0.25) is 9.48 Å². The van der Waals surface area contributed by atoms with Gasteiger partial charge in [-0.25, -0.2) is 4.98 Å². The van der Waals surface area contributed by atoms with Gasteiger partial charge in [-0.1, -0.05) is 17.3 Å². The summed E-state index contributed by atoms with van der Waals surface area (Å²) < 4.78 is 12.3. The second kappa shape index (κ2) is 7.25. The average Bonchev–Trinajstić information content (AvgIpc) is 3.47. The maximum atomic E-state index is 13.4. The predicted octanol–water partition coefficient (Wildman–Crippen LogP) is 3.63. The number of hydrogen-bond acceptors (Lipinski definition) is 7. The third kappa shape index (κ3) is 3.28. The number of aromatic nitrogens is 4. The molecule has 154 valence electrons. The fourth-order valence-corrected chi connectivity index (χ4v) is 3.55. The summed E-state index contributed by atoms with van der Waals surface area (Å²) in [6.07, 6.45) is 3.46. The van der Waals surface area contributed by atoms with Crippen LogP contribution in [0, 0.1) is 11.3 Å². The van der Waals surface area contributed by atoms with E-state index in [2.05, 4.69) is 20.6 Å². The number of benzene rings is 1. The standard InChI is InChI=1S/C22H18N6O3/c1-28-20(14(10-23)11-24-28)26-21(29)16-9-17(12-6-7-12)25-22-18(16)19(27-31-22)13-4-3-5-15(8-13)30-2/h3-5,8-9,11-12H,6-7H2,1-2H3,(H,26,29). The summed E-state index contributed by atoms with van der Waals surface area (Å²) in [4.78, 5) is 18.0. The molecule has 9 nitrogen and oxygen atoms in total. The van der Waals surface area contributed by atoms with Gasteiger partial charge in [-0.05, 0) is 31.0 Å². The van der Waals surface area contributed by atoms with Crippen LogP contribution in [0.4, 0.5) is 5.82 Å². The number of carbonyl (C=O) groups is 1. The molecule has 31 heavy (non-hydrogen) atoms. The first kappa shape index (κ1) is 18.8. The number of hydrogen-bond donors (Lipinski definition) is 1. The fraction of sp³-hybridized carbons (Fsp3) is 0.227. The average molecular weight is 414 g/mol. The van der Waals surface area contributed by atoms with E-state index in [1.807, 2.05) is 30.3 Å². The quantitative estimate of drug-likeness (QED) is 0.529. The van der Waals surface area contributed by atoms with E-state index in [0.29, 0.717) is 39.8 Å². The van der Waals surface area contributed by atoms with Crippen molar-refractivity contribution >= 4 is 22.8 Å². The van der Waals surface area contributed by atoms with Crippen LogP contribution in [0.25, 0.3) is 22.4 Å². The summed E-state index contributed by atoms with van der Waals surface area (Å²) in [5.74, 6) is 0.912. The van der Waals surface area contributed by atoms with Gasteiger partial charge in [0, 0.05) is 24.2 Å². The minimum atomic E-state index is -0.387. The zero-order chi connectivity index (χ0) is 21.5. The molecule has 1 amide bonds. The van der Waals surface area contributed by atoms with Crippen molar-refractivity contribution in [2.24, 2.45) is 7.05 Å². The molecule has 3 aromatic heterocycles. The van der Waals surface area contributed by atoms with E-state index in [4.69, 9.17) is 9.26 Å². The van der Waals surface area contributed by atoms with Gasteiger partial charge < -0.3 is 14.6 Å². The molecular weight excluding hydrogens is 396 g/mol. The molecule has 0 bridgehead atoms. The summed E-state index contributed by atoms with van der Waals surface area (Å²) in [7, 11) is 3.25. The summed E-state index contributed by atoms with van der Waals surface area (Å²) in [5, 5.41) is 20.9. The van der Waals surface area contributed by atoms with Gasteiger partial charge in [-0.15, -0.1) is 0 Å². The number of carbonyl (C=O) groups excluding carboxylic acids is 1. The molecule has 4 aromatic rings. The van der Waals surface area contributed by atoms with Crippen molar-refractivity contribution in [2.75, 3.05) is 12.4 Å². The van der Waals surface area contributed by atoms with Crippen molar-refractivity contribution in [3.8, 4) is 23.1 Å². The first-order chi connectivity index (χ1) is 15.1. The maximum Gasteiger partial charge on any atom is 0.259 e. The van der Waals surface area contributed by atoms with Gasteiger partial charge >= 0.3 is 0 Å². The minimum Gasteiger partial charge on any atom is -0.497 e. The Bertz CT molecular complexity index is 1360. The van der Waals surface area contributed by atoms with Crippen molar-refractivity contribution < 1.29 is 14.1 Å². The summed E-state index contributed by atoms with van der Waals surface area (Å²) in [5.41, 5.74) is 3.01. The molecule has 1 aliphatic carbocycles. The Balaban J connectivity index is 1.66. The lowest BCUT2D eigenvalue weighted by Crippen LogP contribution is -2.16. The third-order valence-electron chi connectivity index (χ3n) is 5.34. The number of ether oxygens (including phenoxy) is 1. The Morgan fingerprint density at radius 1 is 1.35 bits per heavy atom. The maximum absolute atomic E-state index is 13.4. The number of nitrogens with one attached hydrogen (secondary N) is 1. The second-order valence-corrected chi connectivity index (χ2v) is 7.41. The molecule has 1 aromatic carbocycles. The van der Waals surface area contributed by atoms with Crippen molar-refractivity contribution in [3.05, 3.63) is 53.3 Å². The van der Waals surface area contributed by atoms with Gasteiger partial charge in [0.1, 0.15) is 28.9 Å². The molecule has 9 heteroatoms. The topological polar surface area (TPSA) is 119 Å². The van der Waals surface area contributed by atoms with Gasteiger partial charge in [0.2, 0.25) is 0 Å². The lowest BCUT2D eigenvalue weighted by atomic mass is 10.0. The zero-order valence-electron chi connectivity index (χ0n) is 16.9. The van der Waals surface area contributed by atoms with Crippen molar-refractivity contribution in [1.29, 1.82) is 5.26 Å². The molecule has 0 aliphatic heterocycles. The molecule has 0 unspecified atom stereocenters. The van der Waals surface area contributed by atoms with Crippen LogP contribution in [-0.4, -0.2) is 32.9 Å². The molecule has 0 atom stereocenters.